The molecule has 31 heavy (non-hydrogen) atoms. The quantitative estimate of drug-likeness (QED) is 0.779. The SMILES string of the molecule is CN(CC(F)(F)F)C1(C(=O)O)CN(C(=O)OCC2c3ccccc3-c3ccccc32)C1. The van der Waals surface area contributed by atoms with Gasteiger partial charge in [-0.3, -0.25) is 9.69 Å². The van der Waals surface area contributed by atoms with Gasteiger partial charge in [-0.2, -0.15) is 13.2 Å². The summed E-state index contributed by atoms with van der Waals surface area (Å²) in [6, 6.07) is 15.6. The number of carbonyl (C=O) groups is 2. The Kier molecular flexibility index (Phi) is 5.17. The van der Waals surface area contributed by atoms with Gasteiger partial charge < -0.3 is 14.7 Å². The number of hydrogen-bond acceptors (Lipinski definition) is 4. The maximum Gasteiger partial charge on any atom is 0.409 e. The van der Waals surface area contributed by atoms with E-state index in [4.69, 9.17) is 4.74 Å². The van der Waals surface area contributed by atoms with Crippen LogP contribution in [0.5, 0.6) is 0 Å². The zero-order valence-electron chi connectivity index (χ0n) is 16.7. The molecule has 1 amide bonds. The van der Waals surface area contributed by atoms with Crippen molar-refractivity contribution in [2.24, 2.45) is 0 Å². The summed E-state index contributed by atoms with van der Waals surface area (Å²) >= 11 is 0. The fourth-order valence-corrected chi connectivity index (χ4v) is 4.36. The van der Waals surface area contributed by atoms with Gasteiger partial charge in [-0.25, -0.2) is 4.79 Å². The van der Waals surface area contributed by atoms with E-state index in [1.165, 1.54) is 0 Å². The molecule has 0 spiro atoms. The molecule has 0 bridgehead atoms. The van der Waals surface area contributed by atoms with Crippen molar-refractivity contribution in [3.63, 3.8) is 0 Å². The number of rotatable bonds is 5. The molecule has 0 unspecified atom stereocenters. The van der Waals surface area contributed by atoms with Crippen molar-refractivity contribution in [3.8, 4) is 11.1 Å². The number of benzene rings is 2. The largest absolute Gasteiger partial charge is 0.480 e. The molecular formula is C22H21F3N2O4. The minimum absolute atomic E-state index is 0.0574. The zero-order chi connectivity index (χ0) is 22.4. The number of hydrogen-bond donors (Lipinski definition) is 1. The van der Waals surface area contributed by atoms with Crippen LogP contribution >= 0.6 is 0 Å². The lowest BCUT2D eigenvalue weighted by Gasteiger charge is -2.50. The maximum absolute atomic E-state index is 12.7. The summed E-state index contributed by atoms with van der Waals surface area (Å²) in [6.07, 6.45) is -5.28. The zero-order valence-corrected chi connectivity index (χ0v) is 16.7. The number of carboxylic acid groups (broad SMARTS) is 1. The lowest BCUT2D eigenvalue weighted by molar-refractivity contribution is -0.183. The molecule has 1 heterocycles. The van der Waals surface area contributed by atoms with Crippen LogP contribution in [0, 0.1) is 0 Å². The molecule has 0 radical (unpaired) electrons. The number of aliphatic carboxylic acids is 1. The van der Waals surface area contributed by atoms with E-state index in [1.807, 2.05) is 48.5 Å². The van der Waals surface area contributed by atoms with E-state index in [0.29, 0.717) is 0 Å². The second-order valence-electron chi connectivity index (χ2n) is 7.97. The molecule has 2 aliphatic rings. The van der Waals surface area contributed by atoms with E-state index in [0.717, 1.165) is 39.1 Å². The average Bonchev–Trinajstić information content (AvgIpc) is 2.98. The maximum atomic E-state index is 12.7. The van der Waals surface area contributed by atoms with Crippen LogP contribution in [-0.4, -0.2) is 72.0 Å². The number of halogens is 3. The monoisotopic (exact) mass is 434 g/mol. The first-order valence-corrected chi connectivity index (χ1v) is 9.74. The summed E-state index contributed by atoms with van der Waals surface area (Å²) < 4.78 is 43.6. The second-order valence-corrected chi connectivity index (χ2v) is 7.97. The van der Waals surface area contributed by atoms with Gasteiger partial charge in [0.1, 0.15) is 6.61 Å². The van der Waals surface area contributed by atoms with Gasteiger partial charge in [0.2, 0.25) is 0 Å². The summed E-state index contributed by atoms with van der Waals surface area (Å²) in [5, 5.41) is 9.48. The first-order valence-electron chi connectivity index (χ1n) is 9.74. The van der Waals surface area contributed by atoms with E-state index in [1.54, 1.807) is 0 Å². The van der Waals surface area contributed by atoms with Crippen molar-refractivity contribution in [1.82, 2.24) is 9.80 Å². The molecule has 164 valence electrons. The van der Waals surface area contributed by atoms with E-state index in [-0.39, 0.29) is 25.6 Å². The molecule has 0 aromatic heterocycles. The molecule has 6 nitrogen and oxygen atoms in total. The number of carboxylic acids is 1. The van der Waals surface area contributed by atoms with Crippen LogP contribution in [0.3, 0.4) is 0 Å². The number of carbonyl (C=O) groups excluding carboxylic acids is 1. The molecule has 1 aliphatic carbocycles. The Hall–Kier alpha value is -3.07. The highest BCUT2D eigenvalue weighted by Crippen LogP contribution is 2.44. The summed E-state index contributed by atoms with van der Waals surface area (Å²) in [6.45, 7) is -2.06. The molecule has 1 N–H and O–H groups in total. The Morgan fingerprint density at radius 1 is 1.10 bits per heavy atom. The molecule has 4 rings (SSSR count). The minimum atomic E-state index is -4.54. The Bertz CT molecular complexity index is 972. The van der Waals surface area contributed by atoms with Gasteiger partial charge in [0.15, 0.2) is 5.54 Å². The van der Waals surface area contributed by atoms with Crippen molar-refractivity contribution in [3.05, 3.63) is 59.7 Å². The number of amides is 1. The molecule has 2 aromatic rings. The van der Waals surface area contributed by atoms with Crippen LogP contribution in [-0.2, 0) is 9.53 Å². The highest BCUT2D eigenvalue weighted by molar-refractivity contribution is 5.84. The molecular weight excluding hydrogens is 413 g/mol. The molecule has 1 saturated heterocycles. The number of ether oxygens (including phenoxy) is 1. The highest BCUT2D eigenvalue weighted by atomic mass is 19.4. The topological polar surface area (TPSA) is 70.1 Å². The van der Waals surface area contributed by atoms with Crippen molar-refractivity contribution in [1.29, 1.82) is 0 Å². The van der Waals surface area contributed by atoms with E-state index >= 15 is 0 Å². The normalized spacial score (nSPS) is 17.1. The molecule has 0 saturated carbocycles. The first-order chi connectivity index (χ1) is 14.6. The van der Waals surface area contributed by atoms with Gasteiger partial charge in [-0.1, -0.05) is 48.5 Å². The standard InChI is InChI=1S/C22H21F3N2O4/c1-26(13-22(23,24)25)21(19(28)29)11-27(12-21)20(30)31-10-18-16-8-4-2-6-14(16)15-7-3-5-9-17(15)18/h2-9,18H,10-13H2,1H3,(H,28,29). The Morgan fingerprint density at radius 2 is 1.61 bits per heavy atom. The first kappa shape index (κ1) is 21.2. The molecule has 1 fully saturated rings. The minimum Gasteiger partial charge on any atom is -0.480 e. The second kappa shape index (κ2) is 7.56. The van der Waals surface area contributed by atoms with Gasteiger partial charge in [0.25, 0.3) is 0 Å². The third kappa shape index (κ3) is 3.74. The summed E-state index contributed by atoms with van der Waals surface area (Å²) in [4.78, 5) is 26.0. The molecule has 0 atom stereocenters. The Balaban J connectivity index is 1.42. The predicted octanol–water partition coefficient (Wildman–Crippen LogP) is 3.57. The fourth-order valence-electron chi connectivity index (χ4n) is 4.36. The summed E-state index contributed by atoms with van der Waals surface area (Å²) in [5.74, 6) is -1.56. The van der Waals surface area contributed by atoms with Gasteiger partial charge in [-0.15, -0.1) is 0 Å². The van der Waals surface area contributed by atoms with E-state index in [9.17, 15) is 27.9 Å². The number of alkyl halides is 3. The third-order valence-corrected chi connectivity index (χ3v) is 6.04. The van der Waals surface area contributed by atoms with Crippen LogP contribution in [0.15, 0.2) is 48.5 Å². The fraction of sp³-hybridized carbons (Fsp3) is 0.364. The van der Waals surface area contributed by atoms with Crippen LogP contribution in [0.1, 0.15) is 17.0 Å². The molecule has 1 aliphatic heterocycles. The van der Waals surface area contributed by atoms with E-state index < -0.39 is 30.3 Å². The van der Waals surface area contributed by atoms with Crippen LogP contribution in [0.4, 0.5) is 18.0 Å². The lowest BCUT2D eigenvalue weighted by atomic mass is 9.88. The Labute approximate surface area is 176 Å². The third-order valence-electron chi connectivity index (χ3n) is 6.04. The van der Waals surface area contributed by atoms with Gasteiger partial charge in [-0.05, 0) is 29.3 Å². The van der Waals surface area contributed by atoms with Gasteiger partial charge in [0, 0.05) is 5.92 Å². The summed E-state index contributed by atoms with van der Waals surface area (Å²) in [5.41, 5.74) is 2.43. The average molecular weight is 434 g/mol. The van der Waals surface area contributed by atoms with Gasteiger partial charge in [0.05, 0.1) is 19.6 Å². The predicted molar refractivity (Wildman–Crippen MR) is 106 cm³/mol. The smallest absolute Gasteiger partial charge is 0.409 e. The number of likely N-dealkylation sites (tertiary alicyclic amines) is 1. The van der Waals surface area contributed by atoms with Crippen molar-refractivity contribution >= 4 is 12.1 Å². The number of fused-ring (bicyclic) bond motifs is 3. The highest BCUT2D eigenvalue weighted by Gasteiger charge is 2.56. The lowest BCUT2D eigenvalue weighted by Crippen LogP contribution is -2.75. The Morgan fingerprint density at radius 3 is 2.10 bits per heavy atom. The van der Waals surface area contributed by atoms with Crippen molar-refractivity contribution < 1.29 is 32.6 Å². The van der Waals surface area contributed by atoms with Gasteiger partial charge >= 0.3 is 18.2 Å². The van der Waals surface area contributed by atoms with E-state index in [2.05, 4.69) is 0 Å². The summed E-state index contributed by atoms with van der Waals surface area (Å²) in [7, 11) is 1.09. The van der Waals surface area contributed by atoms with Crippen molar-refractivity contribution in [2.75, 3.05) is 33.3 Å². The van der Waals surface area contributed by atoms with Crippen LogP contribution in [0.2, 0.25) is 0 Å². The van der Waals surface area contributed by atoms with Crippen LogP contribution in [0.25, 0.3) is 11.1 Å². The van der Waals surface area contributed by atoms with Crippen LogP contribution < -0.4 is 0 Å². The molecule has 2 aromatic carbocycles. The van der Waals surface area contributed by atoms with Crippen molar-refractivity contribution in [2.45, 2.75) is 17.6 Å². The number of likely N-dealkylation sites (N-methyl/N-ethyl adjacent to an activating group) is 1. The number of nitrogens with zero attached hydrogens (tertiary/aromatic N) is 2. The molecule has 9 heteroatoms.